The number of benzene rings is 1. The van der Waals surface area contributed by atoms with Gasteiger partial charge in [-0.3, -0.25) is 9.59 Å². The Bertz CT molecular complexity index is 743. The lowest BCUT2D eigenvalue weighted by Crippen LogP contribution is -2.38. The molecular formula is C18H27N3O4S. The Morgan fingerprint density at radius 3 is 2.42 bits per heavy atom. The van der Waals surface area contributed by atoms with Gasteiger partial charge < -0.3 is 10.6 Å². The minimum atomic E-state index is -3.63. The Balaban J connectivity index is 2.06. The quantitative estimate of drug-likeness (QED) is 0.700. The Morgan fingerprint density at radius 1 is 1.12 bits per heavy atom. The molecule has 0 spiro atoms. The largest absolute Gasteiger partial charge is 0.355 e. The Labute approximate surface area is 155 Å². The topological polar surface area (TPSA) is 95.6 Å². The summed E-state index contributed by atoms with van der Waals surface area (Å²) in [5.41, 5.74) is 0.283. The number of rotatable bonds is 7. The van der Waals surface area contributed by atoms with E-state index in [0.29, 0.717) is 6.54 Å². The Kier molecular flexibility index (Phi) is 7.16. The molecule has 1 aliphatic carbocycles. The summed E-state index contributed by atoms with van der Waals surface area (Å²) in [6.45, 7) is 2.00. The van der Waals surface area contributed by atoms with E-state index in [1.807, 2.05) is 0 Å². The van der Waals surface area contributed by atoms with Gasteiger partial charge in [0.2, 0.25) is 15.9 Å². The predicted octanol–water partition coefficient (Wildman–Crippen LogP) is 1.51. The molecular weight excluding hydrogens is 354 g/mol. The fourth-order valence-electron chi connectivity index (χ4n) is 3.12. The number of nitrogens with zero attached hydrogens (tertiary/aromatic N) is 1. The van der Waals surface area contributed by atoms with Crippen molar-refractivity contribution in [3.05, 3.63) is 29.8 Å². The first-order valence-corrected chi connectivity index (χ1v) is 10.4. The van der Waals surface area contributed by atoms with Crippen LogP contribution < -0.4 is 10.6 Å². The molecule has 1 saturated carbocycles. The average molecular weight is 381 g/mol. The molecule has 0 bridgehead atoms. The zero-order valence-electron chi connectivity index (χ0n) is 15.3. The SMILES string of the molecule is CC(=O)NCCNC(=O)c1cccc(S(=O)(=O)N(C)C2CCCCC2)c1. The van der Waals surface area contributed by atoms with Gasteiger partial charge in [-0.2, -0.15) is 4.31 Å². The van der Waals surface area contributed by atoms with Crippen LogP contribution in [-0.4, -0.2) is 50.7 Å². The van der Waals surface area contributed by atoms with E-state index in [4.69, 9.17) is 0 Å². The number of nitrogens with one attached hydrogen (secondary N) is 2. The highest BCUT2D eigenvalue weighted by Gasteiger charge is 2.29. The number of carbonyl (C=O) groups is 2. The van der Waals surface area contributed by atoms with E-state index < -0.39 is 10.0 Å². The molecule has 8 heteroatoms. The minimum Gasteiger partial charge on any atom is -0.355 e. The number of hydrogen-bond acceptors (Lipinski definition) is 4. The van der Waals surface area contributed by atoms with E-state index in [9.17, 15) is 18.0 Å². The molecule has 1 fully saturated rings. The van der Waals surface area contributed by atoms with Gasteiger partial charge in [0.25, 0.3) is 5.91 Å². The lowest BCUT2D eigenvalue weighted by Gasteiger charge is -2.30. The standard InChI is InChI=1S/C18H27N3O4S/c1-14(22)19-11-12-20-18(23)15-7-6-10-17(13-15)26(24,25)21(2)16-8-4-3-5-9-16/h6-7,10,13,16H,3-5,8-9,11-12H2,1-2H3,(H,19,22)(H,20,23). The van der Waals surface area contributed by atoms with Gasteiger partial charge in [-0.05, 0) is 31.0 Å². The van der Waals surface area contributed by atoms with Crippen LogP contribution in [0.5, 0.6) is 0 Å². The van der Waals surface area contributed by atoms with Crippen LogP contribution in [0.2, 0.25) is 0 Å². The van der Waals surface area contributed by atoms with E-state index in [1.54, 1.807) is 19.2 Å². The highest BCUT2D eigenvalue weighted by atomic mass is 32.2. The summed E-state index contributed by atoms with van der Waals surface area (Å²) in [6, 6.07) is 6.09. The van der Waals surface area contributed by atoms with Crippen molar-refractivity contribution in [1.82, 2.24) is 14.9 Å². The van der Waals surface area contributed by atoms with Crippen LogP contribution in [0.15, 0.2) is 29.2 Å². The number of sulfonamides is 1. The molecule has 0 unspecified atom stereocenters. The van der Waals surface area contributed by atoms with Crippen molar-refractivity contribution >= 4 is 21.8 Å². The van der Waals surface area contributed by atoms with Crippen LogP contribution in [0.25, 0.3) is 0 Å². The van der Waals surface area contributed by atoms with Crippen LogP contribution in [-0.2, 0) is 14.8 Å². The lowest BCUT2D eigenvalue weighted by molar-refractivity contribution is -0.118. The summed E-state index contributed by atoms with van der Waals surface area (Å²) in [6.07, 6.45) is 4.99. The fourth-order valence-corrected chi connectivity index (χ4v) is 4.58. The summed E-state index contributed by atoms with van der Waals surface area (Å²) in [5.74, 6) is -0.536. The highest BCUT2D eigenvalue weighted by molar-refractivity contribution is 7.89. The van der Waals surface area contributed by atoms with Crippen LogP contribution in [0.3, 0.4) is 0 Å². The molecule has 0 heterocycles. The predicted molar refractivity (Wildman–Crippen MR) is 99.3 cm³/mol. The molecule has 2 rings (SSSR count). The first kappa shape index (κ1) is 20.4. The van der Waals surface area contributed by atoms with Gasteiger partial charge in [-0.25, -0.2) is 8.42 Å². The molecule has 1 aromatic carbocycles. The summed E-state index contributed by atoms with van der Waals surface area (Å²) in [4.78, 5) is 23.1. The number of carbonyl (C=O) groups excluding carboxylic acids is 2. The molecule has 7 nitrogen and oxygen atoms in total. The number of amides is 2. The normalized spacial score (nSPS) is 15.7. The maximum Gasteiger partial charge on any atom is 0.251 e. The van der Waals surface area contributed by atoms with Crippen molar-refractivity contribution in [3.8, 4) is 0 Å². The van der Waals surface area contributed by atoms with E-state index in [2.05, 4.69) is 10.6 Å². The van der Waals surface area contributed by atoms with Gasteiger partial charge >= 0.3 is 0 Å². The molecule has 0 aromatic heterocycles. The molecule has 1 aliphatic rings. The van der Waals surface area contributed by atoms with Gasteiger partial charge in [0.05, 0.1) is 4.90 Å². The molecule has 0 aliphatic heterocycles. The van der Waals surface area contributed by atoms with Crippen molar-refractivity contribution in [1.29, 1.82) is 0 Å². The van der Waals surface area contributed by atoms with Gasteiger partial charge in [-0.15, -0.1) is 0 Å². The first-order chi connectivity index (χ1) is 12.3. The molecule has 2 amide bonds. The maximum absolute atomic E-state index is 12.9. The van der Waals surface area contributed by atoms with Gasteiger partial charge in [0.15, 0.2) is 0 Å². The third-order valence-corrected chi connectivity index (χ3v) is 6.55. The zero-order valence-corrected chi connectivity index (χ0v) is 16.1. The second kappa shape index (κ2) is 9.14. The van der Waals surface area contributed by atoms with Crippen molar-refractivity contribution in [3.63, 3.8) is 0 Å². The van der Waals surface area contributed by atoms with E-state index in [1.165, 1.54) is 23.4 Å². The molecule has 144 valence electrons. The summed E-state index contributed by atoms with van der Waals surface area (Å²) >= 11 is 0. The van der Waals surface area contributed by atoms with Crippen molar-refractivity contribution in [2.45, 2.75) is 50.0 Å². The second-order valence-corrected chi connectivity index (χ2v) is 8.58. The fraction of sp³-hybridized carbons (Fsp3) is 0.556. The average Bonchev–Trinajstić information content (AvgIpc) is 2.65. The first-order valence-electron chi connectivity index (χ1n) is 8.93. The number of hydrogen-bond donors (Lipinski definition) is 2. The molecule has 0 saturated heterocycles. The molecule has 2 N–H and O–H groups in total. The molecule has 26 heavy (non-hydrogen) atoms. The van der Waals surface area contributed by atoms with Crippen molar-refractivity contribution < 1.29 is 18.0 Å². The van der Waals surface area contributed by atoms with Crippen molar-refractivity contribution in [2.24, 2.45) is 0 Å². The van der Waals surface area contributed by atoms with Crippen LogP contribution >= 0.6 is 0 Å². The lowest BCUT2D eigenvalue weighted by atomic mass is 9.96. The van der Waals surface area contributed by atoms with Gasteiger partial charge in [-0.1, -0.05) is 25.3 Å². The van der Waals surface area contributed by atoms with Crippen LogP contribution in [0.1, 0.15) is 49.4 Å². The highest BCUT2D eigenvalue weighted by Crippen LogP contribution is 2.26. The molecule has 0 atom stereocenters. The monoisotopic (exact) mass is 381 g/mol. The van der Waals surface area contributed by atoms with E-state index >= 15 is 0 Å². The molecule has 0 radical (unpaired) electrons. The summed E-state index contributed by atoms with van der Waals surface area (Å²) in [7, 11) is -2.02. The molecule has 1 aromatic rings. The summed E-state index contributed by atoms with van der Waals surface area (Å²) < 4.78 is 27.2. The van der Waals surface area contributed by atoms with Crippen LogP contribution in [0, 0.1) is 0 Å². The summed E-state index contributed by atoms with van der Waals surface area (Å²) in [5, 5.41) is 5.25. The van der Waals surface area contributed by atoms with Crippen molar-refractivity contribution in [2.75, 3.05) is 20.1 Å². The zero-order chi connectivity index (χ0) is 19.2. The second-order valence-electron chi connectivity index (χ2n) is 6.58. The van der Waals surface area contributed by atoms with Crippen LogP contribution in [0.4, 0.5) is 0 Å². The van der Waals surface area contributed by atoms with Gasteiger partial charge in [0.1, 0.15) is 0 Å². The Hall–Kier alpha value is -1.93. The maximum atomic E-state index is 12.9. The third kappa shape index (κ3) is 5.28. The Morgan fingerprint density at radius 2 is 1.77 bits per heavy atom. The van der Waals surface area contributed by atoms with Gasteiger partial charge in [0, 0.05) is 38.7 Å². The van der Waals surface area contributed by atoms with E-state index in [-0.39, 0.29) is 34.9 Å². The van der Waals surface area contributed by atoms with E-state index in [0.717, 1.165) is 32.1 Å². The minimum absolute atomic E-state index is 0.0175. The smallest absolute Gasteiger partial charge is 0.251 e. The third-order valence-electron chi connectivity index (χ3n) is 4.65.